The lowest BCUT2D eigenvalue weighted by Crippen LogP contribution is -2.43. The van der Waals surface area contributed by atoms with Crippen molar-refractivity contribution >= 4 is 39.6 Å². The molecule has 1 heterocycles. The van der Waals surface area contributed by atoms with Gasteiger partial charge in [0.25, 0.3) is 11.3 Å². The Morgan fingerprint density at radius 2 is 2.04 bits per heavy atom. The molecular formula is C17H18N2O6S. The van der Waals surface area contributed by atoms with Crippen LogP contribution in [0.5, 0.6) is 5.75 Å². The quantitative estimate of drug-likeness (QED) is 0.737. The standard InChI is InChI=1S/C17H18N2O6S/c1-25-14-5-3-11-2-4-13(8-12(11)9-14)19(26(23)24)15-6-7-18(17(15)22)10-16(20)21/h2-5,8-9,15H,6-7,10H2,1H3,(H,20,21)(H,23,24). The molecule has 1 aliphatic heterocycles. The van der Waals surface area contributed by atoms with Gasteiger partial charge in [0.1, 0.15) is 18.3 Å². The van der Waals surface area contributed by atoms with Crippen molar-refractivity contribution in [2.24, 2.45) is 0 Å². The highest BCUT2D eigenvalue weighted by Crippen LogP contribution is 2.30. The summed E-state index contributed by atoms with van der Waals surface area (Å²) >= 11 is -2.44. The molecule has 2 N–H and O–H groups in total. The van der Waals surface area contributed by atoms with Crippen LogP contribution in [-0.2, 0) is 20.9 Å². The molecule has 26 heavy (non-hydrogen) atoms. The van der Waals surface area contributed by atoms with E-state index in [0.717, 1.165) is 15.1 Å². The van der Waals surface area contributed by atoms with Gasteiger partial charge in [0.05, 0.1) is 12.8 Å². The summed E-state index contributed by atoms with van der Waals surface area (Å²) in [4.78, 5) is 24.5. The molecule has 3 rings (SSSR count). The molecule has 2 unspecified atom stereocenters. The normalized spacial score (nSPS) is 18.2. The van der Waals surface area contributed by atoms with Crippen molar-refractivity contribution in [3.05, 3.63) is 36.4 Å². The summed E-state index contributed by atoms with van der Waals surface area (Å²) in [5, 5.41) is 10.6. The first kappa shape index (κ1) is 18.2. The number of carboxylic acids is 1. The molecule has 9 heteroatoms. The van der Waals surface area contributed by atoms with Gasteiger partial charge in [0, 0.05) is 6.54 Å². The summed E-state index contributed by atoms with van der Waals surface area (Å²) < 4.78 is 28.0. The molecule has 2 atom stereocenters. The first-order chi connectivity index (χ1) is 12.4. The van der Waals surface area contributed by atoms with Gasteiger partial charge in [-0.25, -0.2) is 4.21 Å². The molecule has 0 bridgehead atoms. The number of rotatable bonds is 6. The van der Waals surface area contributed by atoms with Gasteiger partial charge < -0.3 is 14.7 Å². The van der Waals surface area contributed by atoms with E-state index in [0.29, 0.717) is 11.4 Å². The van der Waals surface area contributed by atoms with E-state index in [1.165, 1.54) is 4.90 Å². The van der Waals surface area contributed by atoms with Crippen LogP contribution in [0, 0.1) is 0 Å². The molecule has 0 saturated carbocycles. The van der Waals surface area contributed by atoms with Crippen LogP contribution in [-0.4, -0.2) is 56.9 Å². The molecule has 2 aromatic carbocycles. The number of ether oxygens (including phenoxy) is 1. The van der Waals surface area contributed by atoms with Crippen molar-refractivity contribution in [3.63, 3.8) is 0 Å². The lowest BCUT2D eigenvalue weighted by molar-refractivity contribution is -0.142. The molecule has 1 aliphatic rings. The second kappa shape index (κ2) is 7.30. The molecule has 1 saturated heterocycles. The summed E-state index contributed by atoms with van der Waals surface area (Å²) in [7, 11) is 1.55. The number of fused-ring (bicyclic) bond motifs is 1. The highest BCUT2D eigenvalue weighted by Gasteiger charge is 2.39. The monoisotopic (exact) mass is 378 g/mol. The predicted octanol–water partition coefficient (Wildman–Crippen LogP) is 1.48. The second-order valence-electron chi connectivity index (χ2n) is 5.91. The zero-order chi connectivity index (χ0) is 18.8. The van der Waals surface area contributed by atoms with Crippen molar-refractivity contribution in [1.82, 2.24) is 4.90 Å². The Hall–Kier alpha value is -2.65. The number of carbonyl (C=O) groups excluding carboxylic acids is 1. The number of methoxy groups -OCH3 is 1. The van der Waals surface area contributed by atoms with Crippen LogP contribution in [0.2, 0.25) is 0 Å². The molecule has 1 fully saturated rings. The van der Waals surface area contributed by atoms with Crippen LogP contribution in [0.25, 0.3) is 10.8 Å². The van der Waals surface area contributed by atoms with Crippen LogP contribution in [0.3, 0.4) is 0 Å². The van der Waals surface area contributed by atoms with Gasteiger partial charge in [-0.2, -0.15) is 0 Å². The third-order valence-corrected chi connectivity index (χ3v) is 5.13. The van der Waals surface area contributed by atoms with Gasteiger partial charge in [-0.1, -0.05) is 12.1 Å². The maximum atomic E-state index is 12.5. The first-order valence-corrected chi connectivity index (χ1v) is 8.95. The molecule has 0 radical (unpaired) electrons. The zero-order valence-corrected chi connectivity index (χ0v) is 14.8. The average Bonchev–Trinajstić information content (AvgIpc) is 2.94. The lowest BCUT2D eigenvalue weighted by Gasteiger charge is -2.26. The van der Waals surface area contributed by atoms with Gasteiger partial charge in [-0.05, 0) is 41.5 Å². The lowest BCUT2D eigenvalue weighted by atomic mass is 10.1. The second-order valence-corrected chi connectivity index (χ2v) is 6.77. The number of hydrogen-bond donors (Lipinski definition) is 2. The van der Waals surface area contributed by atoms with E-state index >= 15 is 0 Å². The average molecular weight is 378 g/mol. The van der Waals surface area contributed by atoms with Gasteiger partial charge in [0.2, 0.25) is 5.91 Å². The maximum absolute atomic E-state index is 12.5. The van der Waals surface area contributed by atoms with E-state index in [1.807, 2.05) is 12.1 Å². The summed E-state index contributed by atoms with van der Waals surface area (Å²) in [6, 6.07) is 9.75. The van der Waals surface area contributed by atoms with Crippen LogP contribution >= 0.6 is 0 Å². The van der Waals surface area contributed by atoms with Gasteiger partial charge in [-0.3, -0.25) is 18.4 Å². The molecule has 138 valence electrons. The number of carbonyl (C=O) groups is 2. The third-order valence-electron chi connectivity index (χ3n) is 4.33. The number of amides is 1. The van der Waals surface area contributed by atoms with Gasteiger partial charge in [-0.15, -0.1) is 0 Å². The number of aliphatic carboxylic acids is 1. The highest BCUT2D eigenvalue weighted by molar-refractivity contribution is 7.80. The molecule has 8 nitrogen and oxygen atoms in total. The minimum Gasteiger partial charge on any atom is -0.497 e. The molecule has 0 aromatic heterocycles. The topological polar surface area (TPSA) is 107 Å². The summed E-state index contributed by atoms with van der Waals surface area (Å²) in [6.45, 7) is -0.193. The third kappa shape index (κ3) is 3.49. The number of benzene rings is 2. The van der Waals surface area contributed by atoms with E-state index in [4.69, 9.17) is 9.84 Å². The smallest absolute Gasteiger partial charge is 0.323 e. The number of likely N-dealkylation sites (tertiary alicyclic amines) is 1. The summed E-state index contributed by atoms with van der Waals surface area (Å²) in [5.74, 6) is -0.940. The van der Waals surface area contributed by atoms with Crippen molar-refractivity contribution in [1.29, 1.82) is 0 Å². The Morgan fingerprint density at radius 3 is 2.69 bits per heavy atom. The van der Waals surface area contributed by atoms with Crippen LogP contribution in [0.4, 0.5) is 5.69 Å². The fraction of sp³-hybridized carbons (Fsp3) is 0.294. The molecular weight excluding hydrogens is 360 g/mol. The minimum atomic E-state index is -2.44. The van der Waals surface area contributed by atoms with Crippen LogP contribution in [0.1, 0.15) is 6.42 Å². The Morgan fingerprint density at radius 1 is 1.31 bits per heavy atom. The molecule has 0 aliphatic carbocycles. The highest BCUT2D eigenvalue weighted by atomic mass is 32.2. The molecule has 1 amide bonds. The Balaban J connectivity index is 1.95. The molecule has 0 spiro atoms. The number of nitrogens with zero attached hydrogens (tertiary/aromatic N) is 2. The Kier molecular flexibility index (Phi) is 5.10. The van der Waals surface area contributed by atoms with E-state index in [1.54, 1.807) is 31.4 Å². The van der Waals surface area contributed by atoms with E-state index < -0.39 is 35.7 Å². The van der Waals surface area contributed by atoms with Crippen molar-refractivity contribution < 1.29 is 28.2 Å². The first-order valence-electron chi connectivity index (χ1n) is 7.89. The fourth-order valence-corrected chi connectivity index (χ4v) is 3.82. The number of carboxylic acid groups (broad SMARTS) is 1. The minimum absolute atomic E-state index is 0.227. The van der Waals surface area contributed by atoms with Crippen molar-refractivity contribution in [3.8, 4) is 5.75 Å². The fourth-order valence-electron chi connectivity index (χ4n) is 3.12. The SMILES string of the molecule is COc1ccc2ccc(N(C3CCN(CC(=O)O)C3=O)S(=O)O)cc2c1. The number of hydrogen-bond acceptors (Lipinski definition) is 4. The summed E-state index contributed by atoms with van der Waals surface area (Å²) in [5.41, 5.74) is 0.405. The van der Waals surface area contributed by atoms with Crippen LogP contribution < -0.4 is 9.04 Å². The molecule has 2 aromatic rings. The van der Waals surface area contributed by atoms with Crippen LogP contribution in [0.15, 0.2) is 36.4 Å². The van der Waals surface area contributed by atoms with Gasteiger partial charge >= 0.3 is 5.97 Å². The van der Waals surface area contributed by atoms with Crippen molar-refractivity contribution in [2.45, 2.75) is 12.5 Å². The van der Waals surface area contributed by atoms with E-state index in [2.05, 4.69) is 0 Å². The zero-order valence-electron chi connectivity index (χ0n) is 14.0. The van der Waals surface area contributed by atoms with Crippen molar-refractivity contribution in [2.75, 3.05) is 24.5 Å². The Bertz CT molecular complexity index is 887. The van der Waals surface area contributed by atoms with E-state index in [9.17, 15) is 18.4 Å². The maximum Gasteiger partial charge on any atom is 0.323 e. The predicted molar refractivity (Wildman–Crippen MR) is 96.4 cm³/mol. The van der Waals surface area contributed by atoms with E-state index in [-0.39, 0.29) is 13.0 Å². The Labute approximate surface area is 152 Å². The number of anilines is 1. The van der Waals surface area contributed by atoms with Gasteiger partial charge in [0.15, 0.2) is 0 Å². The largest absolute Gasteiger partial charge is 0.497 e. The summed E-state index contributed by atoms with van der Waals surface area (Å²) in [6.07, 6.45) is 0.272.